The number of nitrogens with one attached hydrogen (secondary N) is 2. The first kappa shape index (κ1) is 16.9. The Morgan fingerprint density at radius 3 is 2.44 bits per heavy atom. The van der Waals surface area contributed by atoms with Crippen LogP contribution >= 0.6 is 0 Å². The van der Waals surface area contributed by atoms with Crippen LogP contribution in [0.3, 0.4) is 0 Å². The minimum atomic E-state index is -0.353. The zero-order valence-corrected chi connectivity index (χ0v) is 14.2. The number of amides is 2. The second kappa shape index (κ2) is 6.88. The van der Waals surface area contributed by atoms with Crippen molar-refractivity contribution in [2.24, 2.45) is 13.0 Å². The standard InChI is InChI=1S/C18H20N4O3/c1-11(19-18(25)15-9-10-16(23)22(2)21-15)12-5-7-14(8-6-12)20-17(24)13-3-4-13/h5-11,13H,3-4H2,1-2H3,(H,19,25)(H,20,24). The van der Waals surface area contributed by atoms with Crippen LogP contribution in [0.2, 0.25) is 0 Å². The van der Waals surface area contributed by atoms with Crippen LogP contribution in [0.15, 0.2) is 41.2 Å². The fraction of sp³-hybridized carbons (Fsp3) is 0.333. The molecule has 2 aromatic rings. The minimum Gasteiger partial charge on any atom is -0.344 e. The van der Waals surface area contributed by atoms with Crippen molar-refractivity contribution < 1.29 is 9.59 Å². The van der Waals surface area contributed by atoms with Crippen molar-refractivity contribution in [3.8, 4) is 0 Å². The Bertz CT molecular complexity index is 853. The first-order valence-electron chi connectivity index (χ1n) is 8.20. The summed E-state index contributed by atoms with van der Waals surface area (Å²) in [5.74, 6) is -0.128. The Labute approximate surface area is 145 Å². The van der Waals surface area contributed by atoms with Gasteiger partial charge in [0.05, 0.1) is 6.04 Å². The third kappa shape index (κ3) is 4.12. The van der Waals surface area contributed by atoms with Gasteiger partial charge in [0.2, 0.25) is 5.91 Å². The van der Waals surface area contributed by atoms with Crippen LogP contribution in [0.25, 0.3) is 0 Å². The highest BCUT2D eigenvalue weighted by Crippen LogP contribution is 2.30. The van der Waals surface area contributed by atoms with Gasteiger partial charge in [-0.2, -0.15) is 5.10 Å². The molecule has 1 unspecified atom stereocenters. The summed E-state index contributed by atoms with van der Waals surface area (Å²) in [7, 11) is 1.50. The lowest BCUT2D eigenvalue weighted by atomic mass is 10.1. The molecule has 0 bridgehead atoms. The van der Waals surface area contributed by atoms with Crippen molar-refractivity contribution in [2.75, 3.05) is 5.32 Å². The summed E-state index contributed by atoms with van der Waals surface area (Å²) in [6.07, 6.45) is 1.93. The van der Waals surface area contributed by atoms with Crippen LogP contribution in [0.5, 0.6) is 0 Å². The molecule has 7 nitrogen and oxygen atoms in total. The molecule has 1 aromatic carbocycles. The lowest BCUT2D eigenvalue weighted by Crippen LogP contribution is -2.30. The molecule has 2 N–H and O–H groups in total. The SMILES string of the molecule is CC(NC(=O)c1ccc(=O)n(C)n1)c1ccc(NC(=O)C2CC2)cc1. The van der Waals surface area contributed by atoms with E-state index in [-0.39, 0.29) is 35.0 Å². The average molecular weight is 340 g/mol. The zero-order valence-electron chi connectivity index (χ0n) is 14.2. The highest BCUT2D eigenvalue weighted by molar-refractivity contribution is 5.94. The summed E-state index contributed by atoms with van der Waals surface area (Å²) in [4.78, 5) is 35.3. The van der Waals surface area contributed by atoms with Gasteiger partial charge in [-0.15, -0.1) is 0 Å². The molecule has 2 amide bonds. The number of hydrogen-bond donors (Lipinski definition) is 2. The van der Waals surface area contributed by atoms with E-state index in [2.05, 4.69) is 15.7 Å². The number of benzene rings is 1. The van der Waals surface area contributed by atoms with E-state index >= 15 is 0 Å². The number of hydrogen-bond acceptors (Lipinski definition) is 4. The molecule has 3 rings (SSSR count). The van der Waals surface area contributed by atoms with Gasteiger partial charge in [0.15, 0.2) is 0 Å². The molecule has 7 heteroatoms. The van der Waals surface area contributed by atoms with E-state index in [1.165, 1.54) is 19.2 Å². The van der Waals surface area contributed by atoms with Crippen molar-refractivity contribution in [2.45, 2.75) is 25.8 Å². The third-order valence-electron chi connectivity index (χ3n) is 4.17. The Kier molecular flexibility index (Phi) is 4.65. The fourth-order valence-corrected chi connectivity index (χ4v) is 2.42. The topological polar surface area (TPSA) is 93.1 Å². The first-order valence-corrected chi connectivity index (χ1v) is 8.20. The number of nitrogens with zero attached hydrogens (tertiary/aromatic N) is 2. The molecule has 130 valence electrons. The van der Waals surface area contributed by atoms with Gasteiger partial charge < -0.3 is 10.6 Å². The number of rotatable bonds is 5. The van der Waals surface area contributed by atoms with Gasteiger partial charge >= 0.3 is 0 Å². The lowest BCUT2D eigenvalue weighted by molar-refractivity contribution is -0.117. The number of carbonyl (C=O) groups excluding carboxylic acids is 2. The zero-order chi connectivity index (χ0) is 18.0. The van der Waals surface area contributed by atoms with E-state index in [0.29, 0.717) is 0 Å². The highest BCUT2D eigenvalue weighted by Gasteiger charge is 2.29. The summed E-state index contributed by atoms with van der Waals surface area (Å²) in [6.45, 7) is 1.86. The average Bonchev–Trinajstić information content (AvgIpc) is 3.43. The van der Waals surface area contributed by atoms with Crippen LogP contribution < -0.4 is 16.2 Å². The Morgan fingerprint density at radius 2 is 1.84 bits per heavy atom. The van der Waals surface area contributed by atoms with Gasteiger partial charge in [-0.3, -0.25) is 14.4 Å². The quantitative estimate of drug-likeness (QED) is 0.865. The fourth-order valence-electron chi connectivity index (χ4n) is 2.42. The van der Waals surface area contributed by atoms with E-state index < -0.39 is 0 Å². The predicted molar refractivity (Wildman–Crippen MR) is 93.2 cm³/mol. The normalized spacial score (nSPS) is 14.6. The maximum atomic E-state index is 12.2. The number of aromatic nitrogens is 2. The second-order valence-corrected chi connectivity index (χ2v) is 6.26. The van der Waals surface area contributed by atoms with E-state index in [1.54, 1.807) is 0 Å². The molecule has 1 aromatic heterocycles. The molecule has 0 aliphatic heterocycles. The molecule has 1 heterocycles. The molecule has 1 fully saturated rings. The molecular weight excluding hydrogens is 320 g/mol. The summed E-state index contributed by atoms with van der Waals surface area (Å²) in [6, 6.07) is 9.85. The largest absolute Gasteiger partial charge is 0.344 e. The second-order valence-electron chi connectivity index (χ2n) is 6.26. The van der Waals surface area contributed by atoms with E-state index in [4.69, 9.17) is 0 Å². The smallest absolute Gasteiger partial charge is 0.272 e. The van der Waals surface area contributed by atoms with Crippen LogP contribution in [-0.4, -0.2) is 21.6 Å². The van der Waals surface area contributed by atoms with Crippen molar-refractivity contribution in [3.05, 3.63) is 58.0 Å². The van der Waals surface area contributed by atoms with Crippen LogP contribution in [0, 0.1) is 5.92 Å². The summed E-state index contributed by atoms with van der Waals surface area (Å²) < 4.78 is 1.12. The van der Waals surface area contributed by atoms with Gasteiger partial charge in [-0.05, 0) is 43.5 Å². The summed E-state index contributed by atoms with van der Waals surface area (Å²) in [5, 5.41) is 9.66. The van der Waals surface area contributed by atoms with Gasteiger partial charge in [0.25, 0.3) is 11.5 Å². The minimum absolute atomic E-state index is 0.0647. The van der Waals surface area contributed by atoms with Gasteiger partial charge in [0, 0.05) is 24.7 Å². The molecule has 1 aliphatic carbocycles. The number of anilines is 1. The molecule has 1 atom stereocenters. The van der Waals surface area contributed by atoms with E-state index in [0.717, 1.165) is 28.8 Å². The van der Waals surface area contributed by atoms with Crippen molar-refractivity contribution in [1.82, 2.24) is 15.1 Å². The first-order chi connectivity index (χ1) is 11.9. The molecule has 25 heavy (non-hydrogen) atoms. The van der Waals surface area contributed by atoms with Crippen LogP contribution in [-0.2, 0) is 11.8 Å². The molecule has 0 radical (unpaired) electrons. The number of carbonyl (C=O) groups is 2. The van der Waals surface area contributed by atoms with E-state index in [1.807, 2.05) is 31.2 Å². The van der Waals surface area contributed by atoms with E-state index in [9.17, 15) is 14.4 Å². The Balaban J connectivity index is 1.62. The third-order valence-corrected chi connectivity index (χ3v) is 4.17. The van der Waals surface area contributed by atoms with Crippen molar-refractivity contribution in [1.29, 1.82) is 0 Å². The summed E-state index contributed by atoms with van der Waals surface area (Å²) >= 11 is 0. The van der Waals surface area contributed by atoms with Gasteiger partial charge in [-0.25, -0.2) is 4.68 Å². The number of aryl methyl sites for hydroxylation is 1. The van der Waals surface area contributed by atoms with Crippen LogP contribution in [0.1, 0.15) is 41.9 Å². The lowest BCUT2D eigenvalue weighted by Gasteiger charge is -2.15. The molecule has 0 saturated heterocycles. The molecule has 1 aliphatic rings. The Morgan fingerprint density at radius 1 is 1.16 bits per heavy atom. The highest BCUT2D eigenvalue weighted by atomic mass is 16.2. The maximum absolute atomic E-state index is 12.2. The monoisotopic (exact) mass is 340 g/mol. The van der Waals surface area contributed by atoms with Crippen molar-refractivity contribution >= 4 is 17.5 Å². The van der Waals surface area contributed by atoms with Crippen LogP contribution in [0.4, 0.5) is 5.69 Å². The Hall–Kier alpha value is -2.96. The summed E-state index contributed by atoms with van der Waals surface area (Å²) in [5.41, 5.74) is 1.57. The predicted octanol–water partition coefficient (Wildman–Crippen LogP) is 1.62. The molecule has 0 spiro atoms. The maximum Gasteiger partial charge on any atom is 0.272 e. The van der Waals surface area contributed by atoms with Gasteiger partial charge in [-0.1, -0.05) is 12.1 Å². The molecule has 1 saturated carbocycles. The van der Waals surface area contributed by atoms with Gasteiger partial charge in [0.1, 0.15) is 5.69 Å². The van der Waals surface area contributed by atoms with Crippen molar-refractivity contribution in [3.63, 3.8) is 0 Å². The molecular formula is C18H20N4O3.